The number of carboxylic acids is 1. The van der Waals surface area contributed by atoms with Crippen molar-refractivity contribution in [2.45, 2.75) is 24.4 Å². The van der Waals surface area contributed by atoms with E-state index in [2.05, 4.69) is 0 Å². The predicted octanol–water partition coefficient (Wildman–Crippen LogP) is 1.44. The first-order chi connectivity index (χ1) is 7.45. The van der Waals surface area contributed by atoms with E-state index in [1.807, 2.05) is 0 Å². The predicted molar refractivity (Wildman–Crippen MR) is 50.9 cm³/mol. The molecule has 0 bridgehead atoms. The van der Waals surface area contributed by atoms with E-state index in [9.17, 15) is 18.7 Å². The van der Waals surface area contributed by atoms with Crippen molar-refractivity contribution in [3.63, 3.8) is 0 Å². The Bertz CT molecular complexity index is 439. The van der Waals surface area contributed by atoms with Gasteiger partial charge in [-0.05, 0) is 31.0 Å². The van der Waals surface area contributed by atoms with Gasteiger partial charge in [-0.15, -0.1) is 0 Å². The molecule has 1 aliphatic rings. The van der Waals surface area contributed by atoms with Crippen molar-refractivity contribution in [1.29, 1.82) is 0 Å². The van der Waals surface area contributed by atoms with Gasteiger partial charge in [-0.1, -0.05) is 0 Å². The summed E-state index contributed by atoms with van der Waals surface area (Å²) in [6.07, 6.45) is -0.926. The summed E-state index contributed by atoms with van der Waals surface area (Å²) >= 11 is 0. The zero-order valence-corrected chi connectivity index (χ0v) is 8.28. The van der Waals surface area contributed by atoms with Gasteiger partial charge in [0, 0.05) is 5.56 Å². The highest BCUT2D eigenvalue weighted by molar-refractivity contribution is 5.83. The molecule has 86 valence electrons. The molecule has 0 atom stereocenters. The average Bonchev–Trinajstić information content (AvgIpc) is 2.16. The highest BCUT2D eigenvalue weighted by Gasteiger charge is 2.52. The summed E-state index contributed by atoms with van der Waals surface area (Å²) in [5.74, 6) is -2.67. The molecule has 2 N–H and O–H groups in total. The molecule has 1 fully saturated rings. The smallest absolute Gasteiger partial charge is 0.314 e. The number of halogens is 2. The van der Waals surface area contributed by atoms with Gasteiger partial charge in [0.25, 0.3) is 0 Å². The van der Waals surface area contributed by atoms with Crippen molar-refractivity contribution in [2.75, 3.05) is 0 Å². The van der Waals surface area contributed by atoms with E-state index in [-0.39, 0.29) is 18.4 Å². The van der Waals surface area contributed by atoms with E-state index < -0.39 is 29.1 Å². The van der Waals surface area contributed by atoms with Crippen molar-refractivity contribution in [3.8, 4) is 0 Å². The lowest BCUT2D eigenvalue weighted by Crippen LogP contribution is -2.51. The van der Waals surface area contributed by atoms with E-state index in [0.717, 1.165) is 18.2 Å². The molecule has 0 saturated heterocycles. The molecule has 0 heterocycles. The highest BCUT2D eigenvalue weighted by Crippen LogP contribution is 2.45. The van der Waals surface area contributed by atoms with Crippen LogP contribution >= 0.6 is 0 Å². The Morgan fingerprint density at radius 1 is 1.38 bits per heavy atom. The first-order valence-electron chi connectivity index (χ1n) is 4.83. The van der Waals surface area contributed by atoms with Gasteiger partial charge in [0.15, 0.2) is 0 Å². The summed E-state index contributed by atoms with van der Waals surface area (Å²) in [4.78, 5) is 11.1. The summed E-state index contributed by atoms with van der Waals surface area (Å²) in [6, 6.07) is 2.72. The van der Waals surface area contributed by atoms with Crippen molar-refractivity contribution >= 4 is 5.97 Å². The fourth-order valence-electron chi connectivity index (χ4n) is 2.12. The Morgan fingerprint density at radius 3 is 2.50 bits per heavy atom. The lowest BCUT2D eigenvalue weighted by atomic mass is 9.62. The first kappa shape index (κ1) is 11.0. The van der Waals surface area contributed by atoms with Crippen LogP contribution < -0.4 is 0 Å². The third-order valence-corrected chi connectivity index (χ3v) is 3.02. The molecule has 1 saturated carbocycles. The number of rotatable bonds is 2. The van der Waals surface area contributed by atoms with Crippen LogP contribution in [0.1, 0.15) is 18.4 Å². The van der Waals surface area contributed by atoms with Crippen molar-refractivity contribution < 1.29 is 23.8 Å². The maximum atomic E-state index is 13.5. The molecule has 0 radical (unpaired) electrons. The molecule has 0 aromatic heterocycles. The monoisotopic (exact) mass is 228 g/mol. The van der Waals surface area contributed by atoms with Crippen LogP contribution in [-0.4, -0.2) is 22.3 Å². The number of hydrogen-bond acceptors (Lipinski definition) is 2. The summed E-state index contributed by atoms with van der Waals surface area (Å²) in [7, 11) is 0. The number of carboxylic acid groups (broad SMARTS) is 1. The van der Waals surface area contributed by atoms with Gasteiger partial charge in [-0.25, -0.2) is 8.78 Å². The Balaban J connectivity index is 2.48. The number of hydrogen-bond donors (Lipinski definition) is 2. The molecule has 0 aliphatic heterocycles. The molecule has 3 nitrogen and oxygen atoms in total. The molecule has 0 amide bonds. The second-order valence-corrected chi connectivity index (χ2v) is 4.07. The topological polar surface area (TPSA) is 57.5 Å². The van der Waals surface area contributed by atoms with Gasteiger partial charge < -0.3 is 10.2 Å². The number of aliphatic hydroxyl groups is 1. The minimum Gasteiger partial charge on any atom is -0.481 e. The third kappa shape index (κ3) is 1.48. The summed E-state index contributed by atoms with van der Waals surface area (Å²) < 4.78 is 26.4. The Hall–Kier alpha value is -1.49. The van der Waals surface area contributed by atoms with Gasteiger partial charge in [-0.2, -0.15) is 0 Å². The van der Waals surface area contributed by atoms with Gasteiger partial charge >= 0.3 is 5.97 Å². The van der Waals surface area contributed by atoms with Crippen LogP contribution in [0.3, 0.4) is 0 Å². The molecule has 0 spiro atoms. The quantitative estimate of drug-likeness (QED) is 0.805. The molecular formula is C11H10F2O3. The van der Waals surface area contributed by atoms with Crippen LogP contribution in [0, 0.1) is 11.6 Å². The Morgan fingerprint density at radius 2 is 2.00 bits per heavy atom. The van der Waals surface area contributed by atoms with E-state index in [1.165, 1.54) is 0 Å². The van der Waals surface area contributed by atoms with Crippen molar-refractivity contribution in [1.82, 2.24) is 0 Å². The zero-order chi connectivity index (χ0) is 11.9. The van der Waals surface area contributed by atoms with Crippen LogP contribution in [0.5, 0.6) is 0 Å². The minimum atomic E-state index is -1.48. The largest absolute Gasteiger partial charge is 0.481 e. The van der Waals surface area contributed by atoms with Crippen molar-refractivity contribution in [3.05, 3.63) is 35.4 Å². The second kappa shape index (κ2) is 3.52. The normalized spacial score (nSPS) is 28.6. The van der Waals surface area contributed by atoms with Crippen LogP contribution in [-0.2, 0) is 10.2 Å². The average molecular weight is 228 g/mol. The lowest BCUT2D eigenvalue weighted by molar-refractivity contribution is -0.153. The third-order valence-electron chi connectivity index (χ3n) is 3.02. The van der Waals surface area contributed by atoms with E-state index in [4.69, 9.17) is 5.11 Å². The molecular weight excluding hydrogens is 218 g/mol. The van der Waals surface area contributed by atoms with E-state index in [0.29, 0.717) is 0 Å². The van der Waals surface area contributed by atoms with Gasteiger partial charge in [0.1, 0.15) is 17.0 Å². The van der Waals surface area contributed by atoms with Gasteiger partial charge in [0.05, 0.1) is 6.10 Å². The van der Waals surface area contributed by atoms with Crippen LogP contribution in [0.4, 0.5) is 8.78 Å². The van der Waals surface area contributed by atoms with Gasteiger partial charge in [0.2, 0.25) is 0 Å². The van der Waals surface area contributed by atoms with Crippen LogP contribution in [0.25, 0.3) is 0 Å². The second-order valence-electron chi connectivity index (χ2n) is 4.07. The van der Waals surface area contributed by atoms with E-state index in [1.54, 1.807) is 0 Å². The number of carbonyl (C=O) groups is 1. The molecule has 1 aromatic carbocycles. The number of benzene rings is 1. The van der Waals surface area contributed by atoms with E-state index >= 15 is 0 Å². The Labute approximate surface area is 90.3 Å². The fraction of sp³-hybridized carbons (Fsp3) is 0.364. The van der Waals surface area contributed by atoms with Crippen LogP contribution in [0.2, 0.25) is 0 Å². The molecule has 5 heteroatoms. The maximum Gasteiger partial charge on any atom is 0.314 e. The SMILES string of the molecule is O=C(O)[C@]1(c2cc(F)ccc2F)C[C@H](O)C1. The molecule has 2 rings (SSSR count). The Kier molecular flexibility index (Phi) is 2.42. The fourth-order valence-corrected chi connectivity index (χ4v) is 2.12. The standard InChI is InChI=1S/C11H10F2O3/c12-6-1-2-9(13)8(3-6)11(10(15)16)4-7(14)5-11/h1-3,7,14H,4-5H2,(H,15,16)/t7-,11+. The first-order valence-corrected chi connectivity index (χ1v) is 4.83. The molecule has 0 unspecified atom stereocenters. The molecule has 1 aromatic rings. The highest BCUT2D eigenvalue weighted by atomic mass is 19.1. The summed E-state index contributed by atoms with van der Waals surface area (Å²) in [6.45, 7) is 0. The van der Waals surface area contributed by atoms with Crippen molar-refractivity contribution in [2.24, 2.45) is 0 Å². The van der Waals surface area contributed by atoms with Crippen LogP contribution in [0.15, 0.2) is 18.2 Å². The maximum absolute atomic E-state index is 13.5. The molecule has 1 aliphatic carbocycles. The summed E-state index contributed by atoms with van der Waals surface area (Å²) in [5.41, 5.74) is -1.67. The summed E-state index contributed by atoms with van der Waals surface area (Å²) in [5, 5.41) is 18.2. The number of aliphatic carboxylic acids is 1. The lowest BCUT2D eigenvalue weighted by Gasteiger charge is -2.42. The molecule has 16 heavy (non-hydrogen) atoms. The minimum absolute atomic E-state index is 0.0806. The number of aliphatic hydroxyl groups excluding tert-OH is 1. The zero-order valence-electron chi connectivity index (χ0n) is 8.28. The van der Waals surface area contributed by atoms with Gasteiger partial charge in [-0.3, -0.25) is 4.79 Å².